The number of halogens is 2. The van der Waals surface area contributed by atoms with Crippen LogP contribution in [0.3, 0.4) is 0 Å². The third-order valence-corrected chi connectivity index (χ3v) is 3.07. The van der Waals surface area contributed by atoms with Crippen molar-refractivity contribution in [3.8, 4) is 11.1 Å². The van der Waals surface area contributed by atoms with Crippen LogP contribution in [0.2, 0.25) is 0 Å². The molecule has 0 radical (unpaired) electrons. The fourth-order valence-corrected chi connectivity index (χ4v) is 2.26. The van der Waals surface area contributed by atoms with Crippen LogP contribution in [0.15, 0.2) is 12.1 Å². The van der Waals surface area contributed by atoms with Crippen LogP contribution in [0.4, 0.5) is 8.78 Å². The molecule has 0 saturated carbocycles. The number of nitrogens with one attached hydrogen (secondary N) is 1. The van der Waals surface area contributed by atoms with E-state index in [0.29, 0.717) is 5.56 Å². The van der Waals surface area contributed by atoms with Crippen LogP contribution >= 0.6 is 0 Å². The summed E-state index contributed by atoms with van der Waals surface area (Å²) in [6.45, 7) is 7.19. The summed E-state index contributed by atoms with van der Waals surface area (Å²) < 4.78 is 27.9. The van der Waals surface area contributed by atoms with E-state index in [0.717, 1.165) is 17.0 Å². The molecule has 0 unspecified atom stereocenters. The van der Waals surface area contributed by atoms with E-state index >= 15 is 0 Å². The van der Waals surface area contributed by atoms with Crippen molar-refractivity contribution < 1.29 is 8.78 Å². The van der Waals surface area contributed by atoms with Crippen LogP contribution < -0.4 is 0 Å². The Hall–Kier alpha value is -1.71. The third-order valence-electron chi connectivity index (χ3n) is 3.07. The molecule has 4 heteroatoms. The second-order valence-electron chi connectivity index (χ2n) is 4.82. The lowest BCUT2D eigenvalue weighted by molar-refractivity contribution is 0.542. The van der Waals surface area contributed by atoms with E-state index in [1.165, 1.54) is 12.1 Å². The number of H-pyrrole nitrogens is 1. The Labute approximate surface area is 105 Å². The van der Waals surface area contributed by atoms with Gasteiger partial charge >= 0.3 is 0 Å². The van der Waals surface area contributed by atoms with Gasteiger partial charge in [-0.1, -0.05) is 13.8 Å². The van der Waals surface area contributed by atoms with Crippen molar-refractivity contribution in [3.63, 3.8) is 0 Å². The first-order chi connectivity index (χ1) is 8.41. The van der Waals surface area contributed by atoms with Gasteiger partial charge in [0.05, 0.1) is 5.69 Å². The quantitative estimate of drug-likeness (QED) is 0.854. The number of rotatable bonds is 2. The van der Waals surface area contributed by atoms with E-state index in [9.17, 15) is 8.78 Å². The Morgan fingerprint density at radius 2 is 1.67 bits per heavy atom. The van der Waals surface area contributed by atoms with E-state index in [1.807, 2.05) is 13.8 Å². The molecule has 18 heavy (non-hydrogen) atoms. The van der Waals surface area contributed by atoms with Crippen LogP contribution in [0.25, 0.3) is 11.1 Å². The van der Waals surface area contributed by atoms with Gasteiger partial charge in [0.1, 0.15) is 11.6 Å². The van der Waals surface area contributed by atoms with E-state index < -0.39 is 11.6 Å². The van der Waals surface area contributed by atoms with Crippen LogP contribution in [-0.4, -0.2) is 10.2 Å². The molecule has 0 aliphatic heterocycles. The second-order valence-corrected chi connectivity index (χ2v) is 4.82. The van der Waals surface area contributed by atoms with Crippen molar-refractivity contribution >= 4 is 0 Å². The van der Waals surface area contributed by atoms with Gasteiger partial charge in [-0.2, -0.15) is 5.10 Å². The molecule has 0 fully saturated rings. The zero-order valence-electron chi connectivity index (χ0n) is 10.9. The van der Waals surface area contributed by atoms with Crippen molar-refractivity contribution in [1.29, 1.82) is 0 Å². The highest BCUT2D eigenvalue weighted by Crippen LogP contribution is 2.31. The summed E-state index contributed by atoms with van der Waals surface area (Å²) in [4.78, 5) is 0. The Morgan fingerprint density at radius 3 is 2.06 bits per heavy atom. The van der Waals surface area contributed by atoms with E-state index in [4.69, 9.17) is 0 Å². The molecule has 2 nitrogen and oxygen atoms in total. The van der Waals surface area contributed by atoms with Gasteiger partial charge in [-0.15, -0.1) is 0 Å². The predicted octanol–water partition coefficient (Wildman–Crippen LogP) is 4.10. The molecule has 1 N–H and O–H groups in total. The lowest BCUT2D eigenvalue weighted by Crippen LogP contribution is -1.99. The summed E-state index contributed by atoms with van der Waals surface area (Å²) in [6, 6.07) is 2.76. The van der Waals surface area contributed by atoms with Gasteiger partial charge in [-0.3, -0.25) is 5.10 Å². The monoisotopic (exact) mass is 250 g/mol. The SMILES string of the molecule is Cc1n[nH]c(C)c1-c1cc(F)c(C(C)C)c(F)c1. The highest BCUT2D eigenvalue weighted by molar-refractivity contribution is 5.68. The van der Waals surface area contributed by atoms with Gasteiger partial charge in [-0.25, -0.2) is 8.78 Å². The number of hydrogen-bond donors (Lipinski definition) is 1. The summed E-state index contributed by atoms with van der Waals surface area (Å²) in [5, 5.41) is 6.86. The second kappa shape index (κ2) is 4.52. The minimum absolute atomic E-state index is 0.137. The van der Waals surface area contributed by atoms with Gasteiger partial charge in [0.15, 0.2) is 0 Å². The van der Waals surface area contributed by atoms with Crippen molar-refractivity contribution in [2.45, 2.75) is 33.6 Å². The molecule has 0 saturated heterocycles. The molecule has 0 atom stereocenters. The van der Waals surface area contributed by atoms with Crippen molar-refractivity contribution in [3.05, 3.63) is 40.7 Å². The minimum atomic E-state index is -0.500. The summed E-state index contributed by atoms with van der Waals surface area (Å²) in [7, 11) is 0. The zero-order valence-corrected chi connectivity index (χ0v) is 10.9. The molecule has 2 rings (SSSR count). The van der Waals surface area contributed by atoms with Crippen molar-refractivity contribution in [1.82, 2.24) is 10.2 Å². The first kappa shape index (κ1) is 12.7. The molecule has 0 aliphatic rings. The maximum atomic E-state index is 13.9. The van der Waals surface area contributed by atoms with Crippen molar-refractivity contribution in [2.75, 3.05) is 0 Å². The fraction of sp³-hybridized carbons (Fsp3) is 0.357. The maximum absolute atomic E-state index is 13.9. The Balaban J connectivity index is 2.62. The number of aromatic amines is 1. The van der Waals surface area contributed by atoms with Gasteiger partial charge in [0.2, 0.25) is 0 Å². The third kappa shape index (κ3) is 2.03. The summed E-state index contributed by atoms with van der Waals surface area (Å²) in [6.07, 6.45) is 0. The summed E-state index contributed by atoms with van der Waals surface area (Å²) in [5.41, 5.74) is 2.98. The molecule has 1 aromatic carbocycles. The normalized spacial score (nSPS) is 11.3. The zero-order chi connectivity index (χ0) is 13.4. The molecule has 1 heterocycles. The van der Waals surface area contributed by atoms with Gasteiger partial charge in [0, 0.05) is 16.8 Å². The summed E-state index contributed by atoms with van der Waals surface area (Å²) in [5.74, 6) is -1.18. The average molecular weight is 250 g/mol. The molecule has 0 aliphatic carbocycles. The first-order valence-electron chi connectivity index (χ1n) is 5.92. The van der Waals surface area contributed by atoms with E-state index in [2.05, 4.69) is 10.2 Å². The highest BCUT2D eigenvalue weighted by Gasteiger charge is 2.17. The largest absolute Gasteiger partial charge is 0.282 e. The molecule has 0 amide bonds. The lowest BCUT2D eigenvalue weighted by atomic mass is 9.96. The molecule has 0 bridgehead atoms. The Morgan fingerprint density at radius 1 is 1.11 bits per heavy atom. The van der Waals surface area contributed by atoms with Gasteiger partial charge < -0.3 is 0 Å². The van der Waals surface area contributed by atoms with E-state index in [1.54, 1.807) is 13.8 Å². The number of aryl methyl sites for hydroxylation is 2. The van der Waals surface area contributed by atoms with Crippen LogP contribution in [0, 0.1) is 25.5 Å². The molecular weight excluding hydrogens is 234 g/mol. The number of hydrogen-bond acceptors (Lipinski definition) is 1. The smallest absolute Gasteiger partial charge is 0.130 e. The Kier molecular flexibility index (Phi) is 3.20. The lowest BCUT2D eigenvalue weighted by Gasteiger charge is -2.11. The average Bonchev–Trinajstić information content (AvgIpc) is 2.56. The van der Waals surface area contributed by atoms with Crippen LogP contribution in [0.5, 0.6) is 0 Å². The van der Waals surface area contributed by atoms with Crippen LogP contribution in [-0.2, 0) is 0 Å². The van der Waals surface area contributed by atoms with Crippen LogP contribution in [0.1, 0.15) is 36.7 Å². The van der Waals surface area contributed by atoms with Gasteiger partial charge in [-0.05, 0) is 37.5 Å². The molecule has 1 aromatic heterocycles. The fourth-order valence-electron chi connectivity index (χ4n) is 2.26. The molecule has 2 aromatic rings. The molecule has 0 spiro atoms. The number of nitrogens with zero attached hydrogens (tertiary/aromatic N) is 1. The van der Waals surface area contributed by atoms with Gasteiger partial charge in [0.25, 0.3) is 0 Å². The number of benzene rings is 1. The first-order valence-corrected chi connectivity index (χ1v) is 5.92. The van der Waals surface area contributed by atoms with E-state index in [-0.39, 0.29) is 11.5 Å². The van der Waals surface area contributed by atoms with Crippen molar-refractivity contribution in [2.24, 2.45) is 0 Å². The predicted molar refractivity (Wildman–Crippen MR) is 67.5 cm³/mol. The topological polar surface area (TPSA) is 28.7 Å². The maximum Gasteiger partial charge on any atom is 0.130 e. The standard InChI is InChI=1S/C14H16F2N2/c1-7(2)13-11(15)5-10(6-12(13)16)14-8(3)17-18-9(14)4/h5-7H,1-4H3,(H,17,18). The number of aromatic nitrogens is 2. The molecule has 96 valence electrons. The highest BCUT2D eigenvalue weighted by atomic mass is 19.1. The molecular formula is C14H16F2N2. The Bertz CT molecular complexity index is 543. The minimum Gasteiger partial charge on any atom is -0.282 e. The summed E-state index contributed by atoms with van der Waals surface area (Å²) >= 11 is 0.